The number of para-hydroxylation sites is 1. The summed E-state index contributed by atoms with van der Waals surface area (Å²) >= 11 is 0. The van der Waals surface area contributed by atoms with Crippen molar-refractivity contribution in [1.29, 1.82) is 0 Å². The lowest BCUT2D eigenvalue weighted by Crippen LogP contribution is -2.03. The number of halogens is 1. The molecule has 0 radical (unpaired) electrons. The molecule has 0 fully saturated rings. The van der Waals surface area contributed by atoms with Crippen molar-refractivity contribution in [3.63, 3.8) is 0 Å². The first-order valence-electron chi connectivity index (χ1n) is 6.30. The Kier molecular flexibility index (Phi) is 4.58. The number of aliphatic hydroxyl groups is 1. The molecule has 2 aromatic carbocycles. The molecular formula is C16H17FO3. The van der Waals surface area contributed by atoms with Crippen LogP contribution in [0, 0.1) is 12.7 Å². The van der Waals surface area contributed by atoms with E-state index in [0.717, 1.165) is 11.1 Å². The van der Waals surface area contributed by atoms with E-state index in [-0.39, 0.29) is 19.0 Å². The molecule has 0 unspecified atom stereocenters. The largest absolute Gasteiger partial charge is 0.496 e. The number of aliphatic hydroxyl groups excluding tert-OH is 1. The van der Waals surface area contributed by atoms with Crippen LogP contribution in [0.2, 0.25) is 0 Å². The van der Waals surface area contributed by atoms with Crippen molar-refractivity contribution in [3.05, 3.63) is 58.9 Å². The Hall–Kier alpha value is -2.07. The summed E-state index contributed by atoms with van der Waals surface area (Å²) in [5, 5.41) is 9.21. The fourth-order valence-electron chi connectivity index (χ4n) is 2.01. The number of hydrogen-bond donors (Lipinski definition) is 1. The first-order chi connectivity index (χ1) is 9.65. The number of ether oxygens (including phenoxy) is 2. The minimum Gasteiger partial charge on any atom is -0.496 e. The molecule has 0 aliphatic rings. The van der Waals surface area contributed by atoms with Gasteiger partial charge in [-0.2, -0.15) is 0 Å². The highest BCUT2D eigenvalue weighted by Gasteiger charge is 2.11. The number of methoxy groups -OCH3 is 1. The Balaban J connectivity index is 2.23. The fraction of sp³-hybridized carbons (Fsp3) is 0.250. The summed E-state index contributed by atoms with van der Waals surface area (Å²) in [5.41, 5.74) is 2.33. The lowest BCUT2D eigenvalue weighted by Gasteiger charge is -2.13. The van der Waals surface area contributed by atoms with E-state index in [1.807, 2.05) is 25.1 Å². The van der Waals surface area contributed by atoms with Gasteiger partial charge in [0.25, 0.3) is 0 Å². The molecule has 0 spiro atoms. The molecule has 106 valence electrons. The average Bonchev–Trinajstić information content (AvgIpc) is 2.46. The fourth-order valence-corrected chi connectivity index (χ4v) is 2.01. The van der Waals surface area contributed by atoms with Gasteiger partial charge in [0.2, 0.25) is 0 Å². The predicted molar refractivity (Wildman–Crippen MR) is 74.4 cm³/mol. The summed E-state index contributed by atoms with van der Waals surface area (Å²) < 4.78 is 24.5. The highest BCUT2D eigenvalue weighted by atomic mass is 19.1. The smallest absolute Gasteiger partial charge is 0.165 e. The topological polar surface area (TPSA) is 38.7 Å². The second-order valence-electron chi connectivity index (χ2n) is 4.49. The summed E-state index contributed by atoms with van der Waals surface area (Å²) in [6, 6.07) is 10.2. The quantitative estimate of drug-likeness (QED) is 0.911. The van der Waals surface area contributed by atoms with Gasteiger partial charge >= 0.3 is 0 Å². The number of aryl methyl sites for hydroxylation is 1. The molecule has 0 bridgehead atoms. The summed E-state index contributed by atoms with van der Waals surface area (Å²) in [6.07, 6.45) is 0. The van der Waals surface area contributed by atoms with E-state index in [4.69, 9.17) is 9.47 Å². The van der Waals surface area contributed by atoms with Gasteiger partial charge < -0.3 is 14.6 Å². The minimum absolute atomic E-state index is 0.0820. The molecule has 1 N–H and O–H groups in total. The molecule has 0 heterocycles. The van der Waals surface area contributed by atoms with Crippen LogP contribution in [0.3, 0.4) is 0 Å². The molecule has 0 amide bonds. The summed E-state index contributed by atoms with van der Waals surface area (Å²) in [5.74, 6) is 0.291. The third kappa shape index (κ3) is 3.08. The molecule has 0 atom stereocenters. The van der Waals surface area contributed by atoms with E-state index in [2.05, 4.69) is 0 Å². The van der Waals surface area contributed by atoms with Crippen LogP contribution in [0.5, 0.6) is 11.5 Å². The van der Waals surface area contributed by atoms with Gasteiger partial charge in [-0.1, -0.05) is 23.8 Å². The van der Waals surface area contributed by atoms with Crippen molar-refractivity contribution in [3.8, 4) is 11.5 Å². The molecule has 2 aromatic rings. The summed E-state index contributed by atoms with van der Waals surface area (Å²) in [7, 11) is 1.58. The zero-order chi connectivity index (χ0) is 14.5. The first kappa shape index (κ1) is 14.3. The van der Waals surface area contributed by atoms with Gasteiger partial charge in [-0.25, -0.2) is 4.39 Å². The predicted octanol–water partition coefficient (Wildman–Crippen LogP) is 3.21. The van der Waals surface area contributed by atoms with E-state index >= 15 is 0 Å². The highest BCUT2D eigenvalue weighted by molar-refractivity contribution is 5.38. The normalized spacial score (nSPS) is 10.4. The molecule has 0 aromatic heterocycles. The minimum atomic E-state index is -0.483. The molecule has 0 saturated heterocycles. The maximum absolute atomic E-state index is 13.7. The van der Waals surface area contributed by atoms with E-state index in [1.165, 1.54) is 6.07 Å². The van der Waals surface area contributed by atoms with Crippen LogP contribution >= 0.6 is 0 Å². The molecule has 3 nitrogen and oxygen atoms in total. The Morgan fingerprint density at radius 1 is 1.15 bits per heavy atom. The van der Waals surface area contributed by atoms with E-state index < -0.39 is 5.82 Å². The molecule has 4 heteroatoms. The van der Waals surface area contributed by atoms with Crippen LogP contribution in [0.25, 0.3) is 0 Å². The lowest BCUT2D eigenvalue weighted by atomic mass is 10.1. The lowest BCUT2D eigenvalue weighted by molar-refractivity contribution is 0.249. The van der Waals surface area contributed by atoms with Gasteiger partial charge in [0.05, 0.1) is 13.7 Å². The Labute approximate surface area is 117 Å². The van der Waals surface area contributed by atoms with Gasteiger partial charge in [0.1, 0.15) is 12.4 Å². The zero-order valence-electron chi connectivity index (χ0n) is 11.5. The Bertz CT molecular complexity index is 596. The van der Waals surface area contributed by atoms with Crippen molar-refractivity contribution < 1.29 is 19.0 Å². The molecule has 0 saturated carbocycles. The maximum Gasteiger partial charge on any atom is 0.165 e. The summed E-state index contributed by atoms with van der Waals surface area (Å²) in [6.45, 7) is 1.88. The number of hydrogen-bond acceptors (Lipinski definition) is 3. The van der Waals surface area contributed by atoms with Crippen molar-refractivity contribution in [2.75, 3.05) is 7.11 Å². The third-order valence-corrected chi connectivity index (χ3v) is 3.03. The SMILES string of the molecule is COc1ccc(C)cc1COc1c(F)cccc1CO. The van der Waals surface area contributed by atoms with Crippen LogP contribution in [0.4, 0.5) is 4.39 Å². The zero-order valence-corrected chi connectivity index (χ0v) is 11.5. The molecular weight excluding hydrogens is 259 g/mol. The second-order valence-corrected chi connectivity index (χ2v) is 4.49. The van der Waals surface area contributed by atoms with Gasteiger partial charge in [-0.15, -0.1) is 0 Å². The molecule has 2 rings (SSSR count). The monoisotopic (exact) mass is 276 g/mol. The maximum atomic E-state index is 13.7. The molecule has 0 aliphatic carbocycles. The number of benzene rings is 2. The van der Waals surface area contributed by atoms with E-state index in [9.17, 15) is 9.50 Å². The van der Waals surface area contributed by atoms with Gasteiger partial charge in [0.15, 0.2) is 11.6 Å². The standard InChI is InChI=1S/C16H17FO3/c1-11-6-7-15(19-2)13(8-11)10-20-16-12(9-18)4-3-5-14(16)17/h3-8,18H,9-10H2,1-2H3. The first-order valence-corrected chi connectivity index (χ1v) is 6.30. The van der Waals surface area contributed by atoms with Gasteiger partial charge in [-0.3, -0.25) is 0 Å². The van der Waals surface area contributed by atoms with Crippen molar-refractivity contribution >= 4 is 0 Å². The van der Waals surface area contributed by atoms with Crippen LogP contribution in [-0.4, -0.2) is 12.2 Å². The van der Waals surface area contributed by atoms with Gasteiger partial charge in [-0.05, 0) is 25.1 Å². The third-order valence-electron chi connectivity index (χ3n) is 3.03. The average molecular weight is 276 g/mol. The molecule has 0 aliphatic heterocycles. The summed E-state index contributed by atoms with van der Waals surface area (Å²) in [4.78, 5) is 0. The van der Waals surface area contributed by atoms with Crippen molar-refractivity contribution in [2.45, 2.75) is 20.1 Å². The van der Waals surface area contributed by atoms with E-state index in [0.29, 0.717) is 11.3 Å². The van der Waals surface area contributed by atoms with Crippen molar-refractivity contribution in [1.82, 2.24) is 0 Å². The van der Waals surface area contributed by atoms with Crippen LogP contribution in [-0.2, 0) is 13.2 Å². The highest BCUT2D eigenvalue weighted by Crippen LogP contribution is 2.26. The van der Waals surface area contributed by atoms with Crippen LogP contribution in [0.1, 0.15) is 16.7 Å². The van der Waals surface area contributed by atoms with Gasteiger partial charge in [0, 0.05) is 11.1 Å². The van der Waals surface area contributed by atoms with E-state index in [1.54, 1.807) is 19.2 Å². The van der Waals surface area contributed by atoms with Crippen LogP contribution in [0.15, 0.2) is 36.4 Å². The Morgan fingerprint density at radius 3 is 2.65 bits per heavy atom. The second kappa shape index (κ2) is 6.39. The number of rotatable bonds is 5. The van der Waals surface area contributed by atoms with Crippen LogP contribution < -0.4 is 9.47 Å². The van der Waals surface area contributed by atoms with Crippen molar-refractivity contribution in [2.24, 2.45) is 0 Å². The Morgan fingerprint density at radius 2 is 1.95 bits per heavy atom. The molecule has 20 heavy (non-hydrogen) atoms.